The highest BCUT2D eigenvalue weighted by molar-refractivity contribution is 6.10. The van der Waals surface area contributed by atoms with Crippen LogP contribution in [0.15, 0.2) is 42.5 Å². The Morgan fingerprint density at radius 3 is 2.87 bits per heavy atom. The second-order valence-electron chi connectivity index (χ2n) is 6.40. The molecule has 2 aromatic carbocycles. The number of carbonyl (C=O) groups is 1. The van der Waals surface area contributed by atoms with E-state index in [0.717, 1.165) is 41.0 Å². The van der Waals surface area contributed by atoms with Crippen molar-refractivity contribution in [3.8, 4) is 0 Å². The van der Waals surface area contributed by atoms with Crippen LogP contribution >= 0.6 is 0 Å². The third-order valence-electron chi connectivity index (χ3n) is 5.21. The van der Waals surface area contributed by atoms with Gasteiger partial charge in [0.1, 0.15) is 0 Å². The average molecular weight is 303 g/mol. The quantitative estimate of drug-likeness (QED) is 0.598. The molecule has 1 amide bonds. The van der Waals surface area contributed by atoms with E-state index in [4.69, 9.17) is 0 Å². The van der Waals surface area contributed by atoms with Gasteiger partial charge in [-0.25, -0.2) is 0 Å². The van der Waals surface area contributed by atoms with Crippen LogP contribution in [0.1, 0.15) is 22.4 Å². The Kier molecular flexibility index (Phi) is 2.38. The molecule has 3 N–H and O–H groups in total. The molecule has 0 radical (unpaired) electrons. The molecule has 2 aliphatic rings. The lowest BCUT2D eigenvalue weighted by Crippen LogP contribution is -2.53. The van der Waals surface area contributed by atoms with Gasteiger partial charge < -0.3 is 10.3 Å². The molecule has 0 saturated carbocycles. The van der Waals surface area contributed by atoms with Crippen molar-refractivity contribution in [2.45, 2.75) is 18.9 Å². The minimum atomic E-state index is -0.798. The molecule has 3 aromatic rings. The molecular weight excluding hydrogens is 286 g/mol. The second kappa shape index (κ2) is 4.24. The molecule has 3 heterocycles. The van der Waals surface area contributed by atoms with Crippen LogP contribution in [0, 0.1) is 6.92 Å². The molecule has 0 fully saturated rings. The summed E-state index contributed by atoms with van der Waals surface area (Å²) in [6.07, 6.45) is 0.926. The van der Waals surface area contributed by atoms with Gasteiger partial charge in [-0.05, 0) is 30.5 Å². The van der Waals surface area contributed by atoms with Gasteiger partial charge >= 0.3 is 0 Å². The summed E-state index contributed by atoms with van der Waals surface area (Å²) in [6, 6.07) is 14.4. The van der Waals surface area contributed by atoms with E-state index in [1.807, 2.05) is 31.2 Å². The fraction of sp³-hybridized carbons (Fsp3) is 0.211. The fourth-order valence-electron chi connectivity index (χ4n) is 4.14. The van der Waals surface area contributed by atoms with E-state index in [2.05, 4.69) is 33.8 Å². The summed E-state index contributed by atoms with van der Waals surface area (Å²) in [4.78, 5) is 16.5. The Balaban J connectivity index is 1.87. The number of nitrogens with one attached hydrogen (secondary N) is 3. The van der Waals surface area contributed by atoms with Crippen molar-refractivity contribution in [1.82, 2.24) is 10.3 Å². The number of amides is 1. The smallest absolute Gasteiger partial charge is 0.255 e. The monoisotopic (exact) mass is 303 g/mol. The molecule has 1 spiro atoms. The zero-order chi connectivity index (χ0) is 15.6. The van der Waals surface area contributed by atoms with Gasteiger partial charge in [-0.1, -0.05) is 36.4 Å². The molecule has 2 aliphatic heterocycles. The molecule has 4 nitrogen and oxygen atoms in total. The fourth-order valence-corrected chi connectivity index (χ4v) is 4.14. The van der Waals surface area contributed by atoms with Crippen molar-refractivity contribution in [2.75, 3.05) is 11.9 Å². The third kappa shape index (κ3) is 1.46. The first-order valence-corrected chi connectivity index (χ1v) is 7.98. The van der Waals surface area contributed by atoms with Gasteiger partial charge in [0, 0.05) is 28.7 Å². The van der Waals surface area contributed by atoms with E-state index in [-0.39, 0.29) is 5.91 Å². The lowest BCUT2D eigenvalue weighted by molar-refractivity contribution is -0.120. The SMILES string of the molecule is Cc1cccc2c1NC(=O)C21NCCc2c1[nH]c1ccccc21. The summed E-state index contributed by atoms with van der Waals surface area (Å²) in [7, 11) is 0. The van der Waals surface area contributed by atoms with Gasteiger partial charge in [0.2, 0.25) is 0 Å². The summed E-state index contributed by atoms with van der Waals surface area (Å²) >= 11 is 0. The molecule has 0 saturated heterocycles. The first kappa shape index (κ1) is 12.9. The van der Waals surface area contributed by atoms with Crippen molar-refractivity contribution >= 4 is 22.5 Å². The Bertz CT molecular complexity index is 972. The minimum Gasteiger partial charge on any atom is -0.356 e. The lowest BCUT2D eigenvalue weighted by Gasteiger charge is -2.33. The maximum Gasteiger partial charge on any atom is 0.255 e. The Morgan fingerprint density at radius 1 is 1.09 bits per heavy atom. The maximum absolute atomic E-state index is 13.0. The van der Waals surface area contributed by atoms with Crippen LogP contribution in [0.25, 0.3) is 10.9 Å². The molecule has 1 unspecified atom stereocenters. The number of anilines is 1. The predicted molar refractivity (Wildman–Crippen MR) is 90.6 cm³/mol. The zero-order valence-electron chi connectivity index (χ0n) is 12.9. The molecule has 5 rings (SSSR count). The molecule has 1 aromatic heterocycles. The van der Waals surface area contributed by atoms with E-state index in [0.29, 0.717) is 0 Å². The summed E-state index contributed by atoms with van der Waals surface area (Å²) in [5, 5.41) is 7.81. The summed E-state index contributed by atoms with van der Waals surface area (Å²) in [5.41, 5.74) is 5.60. The zero-order valence-corrected chi connectivity index (χ0v) is 12.9. The molecule has 0 aliphatic carbocycles. The average Bonchev–Trinajstić information content (AvgIpc) is 3.08. The van der Waals surface area contributed by atoms with Crippen LogP contribution in [0.2, 0.25) is 0 Å². The van der Waals surface area contributed by atoms with E-state index < -0.39 is 5.54 Å². The highest BCUT2D eigenvalue weighted by Crippen LogP contribution is 2.46. The van der Waals surface area contributed by atoms with Crippen molar-refractivity contribution in [3.63, 3.8) is 0 Å². The molecule has 0 bridgehead atoms. The Labute approximate surface area is 133 Å². The lowest BCUT2D eigenvalue weighted by atomic mass is 9.81. The van der Waals surface area contributed by atoms with E-state index >= 15 is 0 Å². The number of carbonyl (C=O) groups excluding carboxylic acids is 1. The van der Waals surface area contributed by atoms with Crippen LogP contribution in [-0.4, -0.2) is 17.4 Å². The molecule has 4 heteroatoms. The standard InChI is InChI=1S/C19H17N3O/c1-11-5-4-7-14-16(11)22-18(23)19(14)17-13(9-10-20-19)12-6-2-3-8-15(12)21-17/h2-8,20-21H,9-10H2,1H3,(H,22,23). The van der Waals surface area contributed by atoms with Crippen molar-refractivity contribution in [1.29, 1.82) is 0 Å². The van der Waals surface area contributed by atoms with Gasteiger partial charge in [0.15, 0.2) is 5.54 Å². The molecule has 1 atom stereocenters. The number of fused-ring (bicyclic) bond motifs is 6. The number of hydrogen-bond acceptors (Lipinski definition) is 2. The number of aromatic amines is 1. The number of benzene rings is 2. The molecule has 23 heavy (non-hydrogen) atoms. The van der Waals surface area contributed by atoms with Crippen molar-refractivity contribution in [3.05, 3.63) is 64.8 Å². The van der Waals surface area contributed by atoms with Crippen LogP contribution < -0.4 is 10.6 Å². The van der Waals surface area contributed by atoms with E-state index in [1.54, 1.807) is 0 Å². The van der Waals surface area contributed by atoms with Crippen LogP contribution in [0.4, 0.5) is 5.69 Å². The third-order valence-corrected chi connectivity index (χ3v) is 5.21. The van der Waals surface area contributed by atoms with Crippen LogP contribution in [0.5, 0.6) is 0 Å². The van der Waals surface area contributed by atoms with Gasteiger partial charge in [-0.3, -0.25) is 10.1 Å². The topological polar surface area (TPSA) is 56.9 Å². The summed E-state index contributed by atoms with van der Waals surface area (Å²) < 4.78 is 0. The maximum atomic E-state index is 13.0. The number of para-hydroxylation sites is 2. The van der Waals surface area contributed by atoms with E-state index in [9.17, 15) is 4.79 Å². The minimum absolute atomic E-state index is 0.00862. The molecular formula is C19H17N3O. The number of aryl methyl sites for hydroxylation is 1. The number of hydrogen-bond donors (Lipinski definition) is 3. The van der Waals surface area contributed by atoms with Crippen molar-refractivity contribution < 1.29 is 4.79 Å². The predicted octanol–water partition coefficient (Wildman–Crippen LogP) is 2.82. The number of aromatic nitrogens is 1. The van der Waals surface area contributed by atoms with E-state index in [1.165, 1.54) is 10.9 Å². The summed E-state index contributed by atoms with van der Waals surface area (Å²) in [5.74, 6) is 0.00862. The number of rotatable bonds is 0. The first-order chi connectivity index (χ1) is 11.2. The second-order valence-corrected chi connectivity index (χ2v) is 6.40. The normalized spacial score (nSPS) is 22.2. The van der Waals surface area contributed by atoms with Gasteiger partial charge in [0.25, 0.3) is 5.91 Å². The first-order valence-electron chi connectivity index (χ1n) is 7.98. The summed E-state index contributed by atoms with van der Waals surface area (Å²) in [6.45, 7) is 2.82. The Hall–Kier alpha value is -2.59. The Morgan fingerprint density at radius 2 is 1.96 bits per heavy atom. The number of H-pyrrole nitrogens is 1. The van der Waals surface area contributed by atoms with Crippen LogP contribution in [0.3, 0.4) is 0 Å². The van der Waals surface area contributed by atoms with Gasteiger partial charge in [0.05, 0.1) is 5.69 Å². The largest absolute Gasteiger partial charge is 0.356 e. The van der Waals surface area contributed by atoms with Crippen LogP contribution in [-0.2, 0) is 16.8 Å². The highest BCUT2D eigenvalue weighted by atomic mass is 16.2. The van der Waals surface area contributed by atoms with Crippen molar-refractivity contribution in [2.24, 2.45) is 0 Å². The molecule has 114 valence electrons. The van der Waals surface area contributed by atoms with Gasteiger partial charge in [-0.2, -0.15) is 0 Å². The highest BCUT2D eigenvalue weighted by Gasteiger charge is 2.52. The van der Waals surface area contributed by atoms with Gasteiger partial charge in [-0.15, -0.1) is 0 Å².